The highest BCUT2D eigenvalue weighted by atomic mass is 35.5. The SMILES string of the molecule is Fc1ccc(/C=C(\Cl)c2ncc(-c3ccccc3)o2)cc1. The van der Waals surface area contributed by atoms with E-state index in [1.807, 2.05) is 30.3 Å². The molecule has 0 atom stereocenters. The van der Waals surface area contributed by atoms with Gasteiger partial charge in [0.25, 0.3) is 0 Å². The van der Waals surface area contributed by atoms with Crippen LogP contribution in [0.25, 0.3) is 22.4 Å². The molecule has 21 heavy (non-hydrogen) atoms. The molecule has 104 valence electrons. The summed E-state index contributed by atoms with van der Waals surface area (Å²) in [5.74, 6) is 0.696. The molecule has 0 bridgehead atoms. The van der Waals surface area contributed by atoms with Gasteiger partial charge < -0.3 is 4.42 Å². The Bertz CT molecular complexity index is 763. The molecule has 0 amide bonds. The van der Waals surface area contributed by atoms with Gasteiger partial charge in [0, 0.05) is 5.56 Å². The summed E-state index contributed by atoms with van der Waals surface area (Å²) >= 11 is 6.19. The Hall–Kier alpha value is -2.39. The molecule has 2 nitrogen and oxygen atoms in total. The lowest BCUT2D eigenvalue weighted by molar-refractivity contribution is 0.559. The third kappa shape index (κ3) is 3.20. The van der Waals surface area contributed by atoms with Crippen molar-refractivity contribution in [2.24, 2.45) is 0 Å². The molecule has 0 saturated heterocycles. The second kappa shape index (κ2) is 5.94. The Kier molecular flexibility index (Phi) is 3.84. The van der Waals surface area contributed by atoms with Crippen molar-refractivity contribution in [3.63, 3.8) is 0 Å². The third-order valence-corrected chi connectivity index (χ3v) is 3.20. The summed E-state index contributed by atoms with van der Waals surface area (Å²) in [6, 6.07) is 15.7. The van der Waals surface area contributed by atoms with E-state index in [9.17, 15) is 4.39 Å². The lowest BCUT2D eigenvalue weighted by Gasteiger charge is -1.96. The maximum Gasteiger partial charge on any atom is 0.238 e. The van der Waals surface area contributed by atoms with Crippen molar-refractivity contribution >= 4 is 22.7 Å². The van der Waals surface area contributed by atoms with Crippen molar-refractivity contribution in [2.75, 3.05) is 0 Å². The fourth-order valence-corrected chi connectivity index (χ4v) is 2.10. The fraction of sp³-hybridized carbons (Fsp3) is 0. The molecule has 0 radical (unpaired) electrons. The summed E-state index contributed by atoms with van der Waals surface area (Å²) in [4.78, 5) is 4.17. The summed E-state index contributed by atoms with van der Waals surface area (Å²) in [6.45, 7) is 0. The van der Waals surface area contributed by atoms with E-state index in [0.717, 1.165) is 11.1 Å². The van der Waals surface area contributed by atoms with Crippen LogP contribution in [0.5, 0.6) is 0 Å². The van der Waals surface area contributed by atoms with Crippen LogP contribution in [0.2, 0.25) is 0 Å². The molecule has 2 aromatic carbocycles. The molecular weight excluding hydrogens is 289 g/mol. The summed E-state index contributed by atoms with van der Waals surface area (Å²) in [7, 11) is 0. The minimum atomic E-state index is -0.286. The molecule has 0 N–H and O–H groups in total. The standard InChI is InChI=1S/C17H11ClFNO/c18-15(10-12-6-8-14(19)9-7-12)17-20-11-16(21-17)13-4-2-1-3-5-13/h1-11H/b15-10-. The van der Waals surface area contributed by atoms with Gasteiger partial charge in [0.2, 0.25) is 5.89 Å². The van der Waals surface area contributed by atoms with Gasteiger partial charge in [-0.2, -0.15) is 0 Å². The van der Waals surface area contributed by atoms with Crippen molar-refractivity contribution < 1.29 is 8.81 Å². The van der Waals surface area contributed by atoms with Crippen molar-refractivity contribution in [3.05, 3.63) is 78.1 Å². The number of oxazole rings is 1. The van der Waals surface area contributed by atoms with E-state index >= 15 is 0 Å². The molecule has 0 unspecified atom stereocenters. The van der Waals surface area contributed by atoms with Crippen LogP contribution in [-0.4, -0.2) is 4.98 Å². The Labute approximate surface area is 126 Å². The average Bonchev–Trinajstić information content (AvgIpc) is 3.00. The fourth-order valence-electron chi connectivity index (χ4n) is 1.89. The summed E-state index contributed by atoms with van der Waals surface area (Å²) in [5.41, 5.74) is 1.71. The molecule has 3 aromatic rings. The van der Waals surface area contributed by atoms with Gasteiger partial charge in [-0.05, 0) is 23.8 Å². The molecule has 0 aliphatic rings. The summed E-state index contributed by atoms with van der Waals surface area (Å²) in [6.07, 6.45) is 3.31. The highest BCUT2D eigenvalue weighted by Gasteiger charge is 2.09. The van der Waals surface area contributed by atoms with Crippen LogP contribution in [0.3, 0.4) is 0 Å². The number of hydrogen-bond donors (Lipinski definition) is 0. The number of benzene rings is 2. The van der Waals surface area contributed by atoms with Gasteiger partial charge in [-0.3, -0.25) is 0 Å². The van der Waals surface area contributed by atoms with Gasteiger partial charge in [-0.1, -0.05) is 54.1 Å². The first kappa shape index (κ1) is 13.6. The number of hydrogen-bond acceptors (Lipinski definition) is 2. The summed E-state index contributed by atoms with van der Waals surface area (Å²) in [5, 5.41) is 0.365. The van der Waals surface area contributed by atoms with E-state index in [4.69, 9.17) is 16.0 Å². The first-order chi connectivity index (χ1) is 10.2. The van der Waals surface area contributed by atoms with Gasteiger partial charge in [0.05, 0.1) is 6.20 Å². The van der Waals surface area contributed by atoms with Gasteiger partial charge in [-0.25, -0.2) is 9.37 Å². The minimum absolute atomic E-state index is 0.286. The summed E-state index contributed by atoms with van der Waals surface area (Å²) < 4.78 is 18.5. The average molecular weight is 300 g/mol. The van der Waals surface area contributed by atoms with Crippen LogP contribution < -0.4 is 0 Å². The third-order valence-electron chi connectivity index (χ3n) is 2.93. The van der Waals surface area contributed by atoms with Crippen molar-refractivity contribution in [3.8, 4) is 11.3 Å². The molecule has 0 spiro atoms. The lowest BCUT2D eigenvalue weighted by Crippen LogP contribution is -1.78. The number of nitrogens with zero attached hydrogens (tertiary/aromatic N) is 1. The molecular formula is C17H11ClFNO. The maximum atomic E-state index is 12.9. The highest BCUT2D eigenvalue weighted by molar-refractivity contribution is 6.50. The Morgan fingerprint density at radius 2 is 1.76 bits per heavy atom. The maximum absolute atomic E-state index is 12.9. The van der Waals surface area contributed by atoms with Crippen LogP contribution >= 0.6 is 11.6 Å². The predicted octanol–water partition coefficient (Wildman–Crippen LogP) is 5.22. The largest absolute Gasteiger partial charge is 0.435 e. The number of halogens is 2. The number of rotatable bonds is 3. The van der Waals surface area contributed by atoms with E-state index in [0.29, 0.717) is 16.7 Å². The van der Waals surface area contributed by atoms with E-state index in [1.165, 1.54) is 12.1 Å². The first-order valence-electron chi connectivity index (χ1n) is 6.37. The zero-order valence-corrected chi connectivity index (χ0v) is 11.7. The van der Waals surface area contributed by atoms with E-state index in [1.54, 1.807) is 24.4 Å². The molecule has 3 rings (SSSR count). The quantitative estimate of drug-likeness (QED) is 0.663. The normalized spacial score (nSPS) is 11.6. The van der Waals surface area contributed by atoms with Crippen molar-refractivity contribution in [1.82, 2.24) is 4.98 Å². The van der Waals surface area contributed by atoms with Gasteiger partial charge >= 0.3 is 0 Å². The van der Waals surface area contributed by atoms with Crippen LogP contribution in [0.4, 0.5) is 4.39 Å². The molecule has 4 heteroatoms. The Morgan fingerprint density at radius 3 is 2.48 bits per heavy atom. The Balaban J connectivity index is 1.87. The van der Waals surface area contributed by atoms with Gasteiger partial charge in [0.1, 0.15) is 10.8 Å². The lowest BCUT2D eigenvalue weighted by atomic mass is 10.2. The van der Waals surface area contributed by atoms with Gasteiger partial charge in [-0.15, -0.1) is 0 Å². The topological polar surface area (TPSA) is 26.0 Å². The molecule has 0 aliphatic carbocycles. The molecule has 0 fully saturated rings. The van der Waals surface area contributed by atoms with Crippen molar-refractivity contribution in [1.29, 1.82) is 0 Å². The minimum Gasteiger partial charge on any atom is -0.435 e. The molecule has 0 aliphatic heterocycles. The molecule has 1 aromatic heterocycles. The zero-order valence-electron chi connectivity index (χ0n) is 11.0. The number of aromatic nitrogens is 1. The van der Waals surface area contributed by atoms with Crippen LogP contribution in [0.15, 0.2) is 65.2 Å². The smallest absolute Gasteiger partial charge is 0.238 e. The zero-order chi connectivity index (χ0) is 14.7. The predicted molar refractivity (Wildman–Crippen MR) is 82.1 cm³/mol. The van der Waals surface area contributed by atoms with Crippen molar-refractivity contribution in [2.45, 2.75) is 0 Å². The van der Waals surface area contributed by atoms with Gasteiger partial charge in [0.15, 0.2) is 5.76 Å². The first-order valence-corrected chi connectivity index (χ1v) is 6.74. The molecule has 0 saturated carbocycles. The Morgan fingerprint density at radius 1 is 1.05 bits per heavy atom. The molecule has 1 heterocycles. The monoisotopic (exact) mass is 299 g/mol. The van der Waals surface area contributed by atoms with E-state index in [2.05, 4.69) is 4.98 Å². The highest BCUT2D eigenvalue weighted by Crippen LogP contribution is 2.26. The van der Waals surface area contributed by atoms with E-state index < -0.39 is 0 Å². The van der Waals surface area contributed by atoms with Crippen LogP contribution in [-0.2, 0) is 0 Å². The van der Waals surface area contributed by atoms with Crippen LogP contribution in [0, 0.1) is 5.82 Å². The second-order valence-electron chi connectivity index (χ2n) is 4.44. The van der Waals surface area contributed by atoms with Crippen LogP contribution in [0.1, 0.15) is 11.5 Å². The second-order valence-corrected chi connectivity index (χ2v) is 4.85. The van der Waals surface area contributed by atoms with E-state index in [-0.39, 0.29) is 5.82 Å².